The van der Waals surface area contributed by atoms with Gasteiger partial charge < -0.3 is 4.74 Å². The minimum absolute atomic E-state index is 0.0255. The Balaban J connectivity index is 1.92. The van der Waals surface area contributed by atoms with Crippen molar-refractivity contribution in [2.75, 3.05) is 0 Å². The van der Waals surface area contributed by atoms with Crippen LogP contribution >= 0.6 is 0 Å². The molecule has 1 spiro atoms. The number of carbonyl (C=O) groups excluding carboxylic acids is 1. The van der Waals surface area contributed by atoms with Gasteiger partial charge in [-0.3, -0.25) is 4.79 Å². The van der Waals surface area contributed by atoms with Crippen molar-refractivity contribution in [2.24, 2.45) is 5.92 Å². The summed E-state index contributed by atoms with van der Waals surface area (Å²) in [5.74, 6) is 0.859. The summed E-state index contributed by atoms with van der Waals surface area (Å²) in [6.07, 6.45) is 5.77. The summed E-state index contributed by atoms with van der Waals surface area (Å²) >= 11 is 0. The average molecular weight is 262 g/mol. The van der Waals surface area contributed by atoms with Crippen molar-refractivity contribution in [2.45, 2.75) is 51.0 Å². The lowest BCUT2D eigenvalue weighted by atomic mass is 9.73. The number of fused-ring (bicyclic) bond motifs is 1. The number of carbonyl (C=O) groups is 1. The highest BCUT2D eigenvalue weighted by atomic mass is 19.1. The van der Waals surface area contributed by atoms with E-state index in [0.717, 1.165) is 25.7 Å². The molecular formula is C16H19FO2. The van der Waals surface area contributed by atoms with Gasteiger partial charge in [-0.1, -0.05) is 19.8 Å². The molecular weight excluding hydrogens is 243 g/mol. The van der Waals surface area contributed by atoms with Crippen LogP contribution in [0.3, 0.4) is 0 Å². The van der Waals surface area contributed by atoms with Gasteiger partial charge in [0.2, 0.25) is 0 Å². The lowest BCUT2D eigenvalue weighted by Gasteiger charge is -2.43. The molecule has 2 aliphatic rings. The van der Waals surface area contributed by atoms with E-state index in [4.69, 9.17) is 4.74 Å². The van der Waals surface area contributed by atoms with Crippen molar-refractivity contribution in [3.05, 3.63) is 29.6 Å². The van der Waals surface area contributed by atoms with Crippen molar-refractivity contribution in [1.29, 1.82) is 0 Å². The number of Topliss-reactive ketones (excluding diaryl/α,β-unsaturated/α-hetero) is 1. The molecule has 2 atom stereocenters. The van der Waals surface area contributed by atoms with Gasteiger partial charge in [0.05, 0.1) is 12.0 Å². The third-order valence-corrected chi connectivity index (χ3v) is 4.53. The SMILES string of the molecule is CCC1CCCC2(CC(=O)c3cc(F)ccc3O2)C1. The van der Waals surface area contributed by atoms with E-state index < -0.39 is 0 Å². The molecule has 1 aliphatic heterocycles. The van der Waals surface area contributed by atoms with Crippen LogP contribution in [0.4, 0.5) is 4.39 Å². The smallest absolute Gasteiger partial charge is 0.170 e. The third kappa shape index (κ3) is 2.26. The Morgan fingerprint density at radius 3 is 3.11 bits per heavy atom. The Labute approximate surface area is 113 Å². The fraction of sp³-hybridized carbons (Fsp3) is 0.562. The molecule has 2 unspecified atom stereocenters. The van der Waals surface area contributed by atoms with Crippen molar-refractivity contribution in [1.82, 2.24) is 0 Å². The third-order valence-electron chi connectivity index (χ3n) is 4.53. The van der Waals surface area contributed by atoms with E-state index in [0.29, 0.717) is 23.7 Å². The zero-order valence-corrected chi connectivity index (χ0v) is 11.2. The molecule has 1 aliphatic carbocycles. The molecule has 0 amide bonds. The van der Waals surface area contributed by atoms with Gasteiger partial charge in [-0.05, 0) is 43.4 Å². The van der Waals surface area contributed by atoms with E-state index in [-0.39, 0.29) is 17.2 Å². The maximum Gasteiger partial charge on any atom is 0.170 e. The highest BCUT2D eigenvalue weighted by Gasteiger charge is 2.43. The summed E-state index contributed by atoms with van der Waals surface area (Å²) in [6, 6.07) is 4.26. The second-order valence-corrected chi connectivity index (χ2v) is 5.90. The van der Waals surface area contributed by atoms with Gasteiger partial charge in [0, 0.05) is 0 Å². The number of ether oxygens (including phenoxy) is 1. The molecule has 1 aromatic rings. The van der Waals surface area contributed by atoms with E-state index in [9.17, 15) is 9.18 Å². The normalized spacial score (nSPS) is 30.0. The second-order valence-electron chi connectivity index (χ2n) is 5.90. The summed E-state index contributed by atoms with van der Waals surface area (Å²) in [7, 11) is 0. The van der Waals surface area contributed by atoms with Gasteiger partial charge in [-0.15, -0.1) is 0 Å². The molecule has 3 heteroatoms. The maximum atomic E-state index is 13.2. The Morgan fingerprint density at radius 1 is 1.47 bits per heavy atom. The van der Waals surface area contributed by atoms with Gasteiger partial charge in [0.1, 0.15) is 17.2 Å². The van der Waals surface area contributed by atoms with Gasteiger partial charge in [0.25, 0.3) is 0 Å². The van der Waals surface area contributed by atoms with Crippen LogP contribution in [0.2, 0.25) is 0 Å². The van der Waals surface area contributed by atoms with E-state index >= 15 is 0 Å². The number of hydrogen-bond acceptors (Lipinski definition) is 2. The molecule has 0 radical (unpaired) electrons. The van der Waals surface area contributed by atoms with E-state index in [1.807, 2.05) is 0 Å². The number of rotatable bonds is 1. The standard InChI is InChI=1S/C16H19FO2/c1-2-11-4-3-7-16(9-11)10-14(18)13-8-12(17)5-6-15(13)19-16/h5-6,8,11H,2-4,7,9-10H2,1H3. The molecule has 0 bridgehead atoms. The highest BCUT2D eigenvalue weighted by molar-refractivity contribution is 6.00. The van der Waals surface area contributed by atoms with E-state index in [2.05, 4.69) is 6.92 Å². The Bertz CT molecular complexity index is 511. The van der Waals surface area contributed by atoms with E-state index in [1.54, 1.807) is 6.07 Å². The molecule has 19 heavy (non-hydrogen) atoms. The largest absolute Gasteiger partial charge is 0.486 e. The summed E-state index contributed by atoms with van der Waals surface area (Å²) in [6.45, 7) is 2.19. The summed E-state index contributed by atoms with van der Waals surface area (Å²) < 4.78 is 19.3. The molecule has 0 saturated heterocycles. The number of benzene rings is 1. The first-order valence-corrected chi connectivity index (χ1v) is 7.14. The van der Waals surface area contributed by atoms with Crippen molar-refractivity contribution in [3.63, 3.8) is 0 Å². The quantitative estimate of drug-likeness (QED) is 0.760. The van der Waals surface area contributed by atoms with E-state index in [1.165, 1.54) is 18.6 Å². The van der Waals surface area contributed by atoms with Crippen molar-refractivity contribution in [3.8, 4) is 5.75 Å². The Kier molecular flexibility index (Phi) is 3.08. The van der Waals surface area contributed by atoms with Crippen LogP contribution in [-0.2, 0) is 0 Å². The first-order valence-electron chi connectivity index (χ1n) is 7.14. The average Bonchev–Trinajstić information content (AvgIpc) is 2.40. The molecule has 1 fully saturated rings. The Morgan fingerprint density at radius 2 is 2.32 bits per heavy atom. The predicted molar refractivity (Wildman–Crippen MR) is 71.0 cm³/mol. The number of hydrogen-bond donors (Lipinski definition) is 0. The zero-order valence-electron chi connectivity index (χ0n) is 11.2. The highest BCUT2D eigenvalue weighted by Crippen LogP contribution is 2.44. The van der Waals surface area contributed by atoms with Crippen LogP contribution in [0, 0.1) is 11.7 Å². The summed E-state index contributed by atoms with van der Waals surface area (Å²) in [5, 5.41) is 0. The van der Waals surface area contributed by atoms with Crippen molar-refractivity contribution >= 4 is 5.78 Å². The second kappa shape index (κ2) is 4.62. The molecule has 0 aromatic heterocycles. The predicted octanol–water partition coefficient (Wildman–Crippen LogP) is 4.13. The van der Waals surface area contributed by atoms with Crippen LogP contribution in [0.5, 0.6) is 5.75 Å². The Hall–Kier alpha value is -1.38. The monoisotopic (exact) mass is 262 g/mol. The molecule has 1 heterocycles. The molecule has 3 rings (SSSR count). The maximum absolute atomic E-state index is 13.2. The van der Waals surface area contributed by atoms with Gasteiger partial charge in [-0.2, -0.15) is 0 Å². The summed E-state index contributed by atoms with van der Waals surface area (Å²) in [5.41, 5.74) is 0.0742. The molecule has 1 aromatic carbocycles. The van der Waals surface area contributed by atoms with Crippen LogP contribution in [-0.4, -0.2) is 11.4 Å². The van der Waals surface area contributed by atoms with Crippen LogP contribution in [0.1, 0.15) is 55.8 Å². The minimum Gasteiger partial charge on any atom is -0.486 e. The first-order chi connectivity index (χ1) is 9.12. The molecule has 2 nitrogen and oxygen atoms in total. The lowest BCUT2D eigenvalue weighted by Crippen LogP contribution is -2.45. The number of ketones is 1. The molecule has 0 N–H and O–H groups in total. The van der Waals surface area contributed by atoms with Crippen LogP contribution < -0.4 is 4.74 Å². The molecule has 1 saturated carbocycles. The van der Waals surface area contributed by atoms with Crippen LogP contribution in [0.15, 0.2) is 18.2 Å². The topological polar surface area (TPSA) is 26.3 Å². The minimum atomic E-state index is -0.373. The number of halogens is 1. The zero-order chi connectivity index (χ0) is 13.5. The fourth-order valence-electron chi connectivity index (χ4n) is 3.51. The summed E-state index contributed by atoms with van der Waals surface area (Å²) in [4.78, 5) is 12.3. The van der Waals surface area contributed by atoms with Crippen LogP contribution in [0.25, 0.3) is 0 Å². The van der Waals surface area contributed by atoms with Gasteiger partial charge in [0.15, 0.2) is 5.78 Å². The first kappa shape index (κ1) is 12.6. The van der Waals surface area contributed by atoms with Gasteiger partial charge >= 0.3 is 0 Å². The van der Waals surface area contributed by atoms with Crippen molar-refractivity contribution < 1.29 is 13.9 Å². The van der Waals surface area contributed by atoms with Gasteiger partial charge in [-0.25, -0.2) is 4.39 Å². The lowest BCUT2D eigenvalue weighted by molar-refractivity contribution is -0.00439. The molecule has 102 valence electrons. The fourth-order valence-corrected chi connectivity index (χ4v) is 3.51.